The molecule has 3 fully saturated rings. The van der Waals surface area contributed by atoms with Crippen LogP contribution in [-0.2, 0) is 19.1 Å². The van der Waals surface area contributed by atoms with Gasteiger partial charge >= 0.3 is 0 Å². The summed E-state index contributed by atoms with van der Waals surface area (Å²) >= 11 is 6.11. The van der Waals surface area contributed by atoms with Crippen molar-refractivity contribution < 1.29 is 19.1 Å². The Hall–Kier alpha value is -2.42. The Morgan fingerprint density at radius 3 is 2.71 bits per heavy atom. The minimum absolute atomic E-state index is 0.111. The molecule has 1 aliphatic carbocycles. The van der Waals surface area contributed by atoms with Crippen molar-refractivity contribution in [3.8, 4) is 0 Å². The maximum absolute atomic E-state index is 14.0. The molecule has 2 saturated heterocycles. The fraction of sp³-hybridized carbons (Fsp3) is 0.621. The van der Waals surface area contributed by atoms with E-state index in [0.29, 0.717) is 23.8 Å². The highest BCUT2D eigenvalue weighted by Gasteiger charge is 2.72. The molecule has 3 amide bonds. The average Bonchev–Trinajstić information content (AvgIpc) is 3.54. The summed E-state index contributed by atoms with van der Waals surface area (Å²) in [6, 6.07) is 6.25. The maximum Gasteiger partial charge on any atom is 0.246 e. The number of unbranched alkanes of at least 4 members (excludes halogenated alkanes) is 1. The molecule has 0 aromatic heterocycles. The van der Waals surface area contributed by atoms with Crippen molar-refractivity contribution >= 4 is 35.0 Å². The third-order valence-electron chi connectivity index (χ3n) is 8.58. The molecule has 3 heterocycles. The molecule has 5 atom stereocenters. The lowest BCUT2D eigenvalue weighted by Gasteiger charge is -2.34. The van der Waals surface area contributed by atoms with E-state index in [1.54, 1.807) is 29.2 Å². The molecule has 1 aromatic rings. The van der Waals surface area contributed by atoms with E-state index < -0.39 is 29.6 Å². The number of ether oxygens (including phenoxy) is 1. The number of benzene rings is 1. The van der Waals surface area contributed by atoms with Gasteiger partial charge in [-0.25, -0.2) is 0 Å². The van der Waals surface area contributed by atoms with Gasteiger partial charge in [0.1, 0.15) is 11.6 Å². The van der Waals surface area contributed by atoms with E-state index in [-0.39, 0.29) is 23.8 Å². The number of likely N-dealkylation sites (N-methyl/N-ethyl adjacent to an activating group) is 1. The highest BCUT2D eigenvalue weighted by Crippen LogP contribution is 2.55. The number of amides is 3. The molecule has 1 saturated carbocycles. The fourth-order valence-corrected chi connectivity index (χ4v) is 6.84. The first-order chi connectivity index (χ1) is 18.3. The standard InChI is InChI=1S/C29H39ClN4O4/c1-3-4-15-33(2)16-17-34-25(27(36)31-20-10-6-5-7-11-20)29-14-13-22(38-29)23(24(29)28(34)37)26(35)32-21-12-8-9-19(30)18-21/h8-9,12-14,18,20,22-25H,3-7,10-11,15-17H2,1-2H3,(H,31,36)(H,32,35)/t22-,23?,24-,25?,29?/m0/s1. The van der Waals surface area contributed by atoms with Crippen molar-refractivity contribution in [2.75, 3.05) is 32.0 Å². The van der Waals surface area contributed by atoms with Crippen LogP contribution in [0.25, 0.3) is 0 Å². The van der Waals surface area contributed by atoms with Crippen molar-refractivity contribution in [2.24, 2.45) is 11.8 Å². The van der Waals surface area contributed by atoms with Gasteiger partial charge in [-0.3, -0.25) is 14.4 Å². The smallest absolute Gasteiger partial charge is 0.246 e. The van der Waals surface area contributed by atoms with E-state index in [4.69, 9.17) is 16.3 Å². The molecule has 2 bridgehead atoms. The van der Waals surface area contributed by atoms with E-state index in [0.717, 1.165) is 45.1 Å². The maximum atomic E-state index is 14.0. The number of halogens is 1. The van der Waals surface area contributed by atoms with Gasteiger partial charge in [0.05, 0.1) is 17.9 Å². The highest BCUT2D eigenvalue weighted by molar-refractivity contribution is 6.30. The van der Waals surface area contributed by atoms with Crippen LogP contribution in [0.5, 0.6) is 0 Å². The zero-order valence-corrected chi connectivity index (χ0v) is 23.1. The molecule has 5 rings (SSSR count). The van der Waals surface area contributed by atoms with E-state index in [1.165, 1.54) is 6.42 Å². The van der Waals surface area contributed by atoms with Gasteiger partial charge in [-0.1, -0.05) is 62.4 Å². The second kappa shape index (κ2) is 11.4. The van der Waals surface area contributed by atoms with Crippen molar-refractivity contribution in [1.82, 2.24) is 15.1 Å². The Labute approximate surface area is 230 Å². The van der Waals surface area contributed by atoms with Crippen molar-refractivity contribution in [2.45, 2.75) is 75.7 Å². The molecular formula is C29H39ClN4O4. The zero-order valence-electron chi connectivity index (χ0n) is 22.3. The molecule has 3 unspecified atom stereocenters. The number of likely N-dealkylation sites (tertiary alicyclic amines) is 1. The Bertz CT molecular complexity index is 1090. The molecule has 1 spiro atoms. The summed E-state index contributed by atoms with van der Waals surface area (Å²) in [6.07, 6.45) is 10.6. The second-order valence-electron chi connectivity index (χ2n) is 11.2. The van der Waals surface area contributed by atoms with Gasteiger partial charge in [0.2, 0.25) is 17.7 Å². The summed E-state index contributed by atoms with van der Waals surface area (Å²) in [5.74, 6) is -2.13. The molecule has 38 heavy (non-hydrogen) atoms. The van der Waals surface area contributed by atoms with Crippen LogP contribution in [0, 0.1) is 11.8 Å². The summed E-state index contributed by atoms with van der Waals surface area (Å²) in [5, 5.41) is 6.67. The summed E-state index contributed by atoms with van der Waals surface area (Å²) in [4.78, 5) is 45.3. The number of carbonyl (C=O) groups is 3. The van der Waals surface area contributed by atoms with Gasteiger partial charge in [-0.15, -0.1) is 0 Å². The Morgan fingerprint density at radius 1 is 1.18 bits per heavy atom. The number of hydrogen-bond acceptors (Lipinski definition) is 5. The summed E-state index contributed by atoms with van der Waals surface area (Å²) < 4.78 is 6.44. The SMILES string of the molecule is CCCCN(C)CCN1C(=O)[C@@H]2C(C(=O)Nc3cccc(Cl)c3)[C@@H]3C=CC2(O3)C1C(=O)NC1CCCCC1. The number of nitrogens with zero attached hydrogens (tertiary/aromatic N) is 2. The lowest BCUT2D eigenvalue weighted by Crippen LogP contribution is -2.57. The van der Waals surface area contributed by atoms with E-state index in [1.807, 2.05) is 19.2 Å². The van der Waals surface area contributed by atoms with Crippen LogP contribution in [0.3, 0.4) is 0 Å². The quantitative estimate of drug-likeness (QED) is 0.441. The van der Waals surface area contributed by atoms with Crippen LogP contribution < -0.4 is 10.6 Å². The normalized spacial score (nSPS) is 30.2. The Balaban J connectivity index is 1.40. The first-order valence-corrected chi connectivity index (χ1v) is 14.4. The lowest BCUT2D eigenvalue weighted by molar-refractivity contribution is -0.141. The predicted octanol–water partition coefficient (Wildman–Crippen LogP) is 3.61. The molecule has 8 nitrogen and oxygen atoms in total. The minimum atomic E-state index is -1.14. The van der Waals surface area contributed by atoms with E-state index in [9.17, 15) is 14.4 Å². The molecule has 2 N–H and O–H groups in total. The van der Waals surface area contributed by atoms with Crippen LogP contribution in [0.2, 0.25) is 5.02 Å². The third kappa shape index (κ3) is 5.10. The fourth-order valence-electron chi connectivity index (χ4n) is 6.64. The number of nitrogens with one attached hydrogen (secondary N) is 2. The second-order valence-corrected chi connectivity index (χ2v) is 11.7. The van der Waals surface area contributed by atoms with Crippen molar-refractivity contribution in [3.63, 3.8) is 0 Å². The van der Waals surface area contributed by atoms with Gasteiger partial charge < -0.3 is 25.2 Å². The highest BCUT2D eigenvalue weighted by atomic mass is 35.5. The Morgan fingerprint density at radius 2 is 1.97 bits per heavy atom. The van der Waals surface area contributed by atoms with Crippen LogP contribution in [0.4, 0.5) is 5.69 Å². The average molecular weight is 543 g/mol. The van der Waals surface area contributed by atoms with Gasteiger partial charge in [0.25, 0.3) is 0 Å². The Kier molecular flexibility index (Phi) is 8.12. The van der Waals surface area contributed by atoms with Gasteiger partial charge in [0, 0.05) is 29.8 Å². The number of rotatable bonds is 10. The zero-order chi connectivity index (χ0) is 26.9. The molecular weight excluding hydrogens is 504 g/mol. The van der Waals surface area contributed by atoms with Gasteiger partial charge in [-0.2, -0.15) is 0 Å². The predicted molar refractivity (Wildman–Crippen MR) is 147 cm³/mol. The minimum Gasteiger partial charge on any atom is -0.359 e. The number of anilines is 1. The van der Waals surface area contributed by atoms with Crippen LogP contribution >= 0.6 is 11.6 Å². The van der Waals surface area contributed by atoms with Crippen molar-refractivity contribution in [3.05, 3.63) is 41.4 Å². The molecule has 206 valence electrons. The van der Waals surface area contributed by atoms with E-state index >= 15 is 0 Å². The largest absolute Gasteiger partial charge is 0.359 e. The monoisotopic (exact) mass is 542 g/mol. The van der Waals surface area contributed by atoms with Crippen LogP contribution in [-0.4, -0.2) is 78.0 Å². The van der Waals surface area contributed by atoms with Gasteiger partial charge in [-0.05, 0) is 51.1 Å². The molecule has 4 aliphatic rings. The van der Waals surface area contributed by atoms with Crippen molar-refractivity contribution in [1.29, 1.82) is 0 Å². The molecule has 0 radical (unpaired) electrons. The van der Waals surface area contributed by atoms with Gasteiger partial charge in [0.15, 0.2) is 0 Å². The van der Waals surface area contributed by atoms with Crippen LogP contribution in [0.1, 0.15) is 51.9 Å². The molecule has 9 heteroatoms. The summed E-state index contributed by atoms with van der Waals surface area (Å²) in [5.41, 5.74) is -0.575. The number of carbonyl (C=O) groups excluding carboxylic acids is 3. The lowest BCUT2D eigenvalue weighted by atomic mass is 9.74. The number of fused-ring (bicyclic) bond motifs is 1. The van der Waals surface area contributed by atoms with Crippen LogP contribution in [0.15, 0.2) is 36.4 Å². The topological polar surface area (TPSA) is 91.0 Å². The summed E-state index contributed by atoms with van der Waals surface area (Å²) in [7, 11) is 2.04. The third-order valence-corrected chi connectivity index (χ3v) is 8.82. The number of hydrogen-bond donors (Lipinski definition) is 2. The first kappa shape index (κ1) is 27.2. The molecule has 1 aromatic carbocycles. The molecule has 3 aliphatic heterocycles. The van der Waals surface area contributed by atoms with E-state index in [2.05, 4.69) is 22.5 Å². The summed E-state index contributed by atoms with van der Waals surface area (Å²) in [6.45, 7) is 4.13. The first-order valence-electron chi connectivity index (χ1n) is 14.1.